The minimum absolute atomic E-state index is 0. The molecule has 0 spiro atoms. The van der Waals surface area contributed by atoms with Crippen molar-refractivity contribution in [3.8, 4) is 11.1 Å². The molecule has 2 atom stereocenters. The number of amides is 1. The van der Waals surface area contributed by atoms with E-state index in [9.17, 15) is 19.3 Å². The zero-order valence-corrected chi connectivity index (χ0v) is 15.6. The highest BCUT2D eigenvalue weighted by molar-refractivity contribution is 7.59. The van der Waals surface area contributed by atoms with Crippen LogP contribution < -0.4 is 0 Å². The van der Waals surface area contributed by atoms with E-state index in [1.54, 1.807) is 12.9 Å². The van der Waals surface area contributed by atoms with Gasteiger partial charge < -0.3 is 14.9 Å². The Morgan fingerprint density at radius 1 is 1.19 bits per heavy atom. The van der Waals surface area contributed by atoms with Gasteiger partial charge in [0.15, 0.2) is 0 Å². The first kappa shape index (κ1) is 20.5. The van der Waals surface area contributed by atoms with Crippen molar-refractivity contribution in [2.24, 2.45) is 5.92 Å². The molecule has 7 heteroatoms. The first-order valence-corrected chi connectivity index (χ1v) is 8.45. The zero-order valence-electron chi connectivity index (χ0n) is 14.6. The van der Waals surface area contributed by atoms with Gasteiger partial charge in [-0.3, -0.25) is 4.79 Å². The van der Waals surface area contributed by atoms with Gasteiger partial charge >= 0.3 is 7.05 Å². The highest BCUT2D eigenvalue weighted by atomic mass is 32.1. The van der Waals surface area contributed by atoms with Gasteiger partial charge in [0, 0.05) is 6.04 Å². The maximum Gasteiger partial charge on any atom is 0.412 e. The Morgan fingerprint density at radius 3 is 2.46 bits per heavy atom. The molecule has 0 saturated carbocycles. The van der Waals surface area contributed by atoms with Gasteiger partial charge in [-0.2, -0.15) is 13.5 Å². The third-order valence-electron chi connectivity index (χ3n) is 4.76. The molecular weight excluding hydrogens is 352 g/mol. The SMILES string of the molecule is CB(O)N1C(=O)C(CO)C[C@H]1Cc1ccc(-c2cccc(F)c2)cc1.S. The summed E-state index contributed by atoms with van der Waals surface area (Å²) in [6.07, 6.45) is 1.14. The molecule has 1 aliphatic rings. The Labute approximate surface area is 160 Å². The van der Waals surface area contributed by atoms with E-state index >= 15 is 0 Å². The summed E-state index contributed by atoms with van der Waals surface area (Å²) >= 11 is 0. The number of halogens is 1. The van der Waals surface area contributed by atoms with Crippen molar-refractivity contribution in [3.63, 3.8) is 0 Å². The van der Waals surface area contributed by atoms with Crippen molar-refractivity contribution < 1.29 is 19.3 Å². The van der Waals surface area contributed by atoms with E-state index in [-0.39, 0.29) is 37.9 Å². The molecule has 0 bridgehead atoms. The number of aliphatic hydroxyl groups is 1. The minimum Gasteiger partial charge on any atom is -0.432 e. The van der Waals surface area contributed by atoms with Gasteiger partial charge in [-0.15, -0.1) is 0 Å². The molecule has 1 aliphatic heterocycles. The lowest BCUT2D eigenvalue weighted by molar-refractivity contribution is -0.129. The Kier molecular flexibility index (Phi) is 6.86. The summed E-state index contributed by atoms with van der Waals surface area (Å²) in [7, 11) is -0.874. The second-order valence-electron chi connectivity index (χ2n) is 6.56. The smallest absolute Gasteiger partial charge is 0.412 e. The zero-order chi connectivity index (χ0) is 18.0. The largest absolute Gasteiger partial charge is 0.432 e. The molecular formula is C19H23BFNO3S. The Hall–Kier alpha value is -1.83. The molecule has 4 nitrogen and oxygen atoms in total. The standard InChI is InChI=1S/C19H21BFNO3.H2S/c1-20(25)22-18(11-16(12-23)19(22)24)9-13-5-7-14(8-6-13)15-3-2-4-17(21)10-15;/h2-8,10,16,18,23,25H,9,11-12H2,1H3;1H2/t16?,18-;/m1./s1. The quantitative estimate of drug-likeness (QED) is 0.790. The fourth-order valence-corrected chi connectivity index (χ4v) is 3.53. The Bertz CT molecular complexity index is 757. The molecule has 0 radical (unpaired) electrons. The number of benzene rings is 2. The van der Waals surface area contributed by atoms with Gasteiger partial charge in [-0.05, 0) is 48.5 Å². The van der Waals surface area contributed by atoms with Crippen LogP contribution in [0, 0.1) is 11.7 Å². The summed E-state index contributed by atoms with van der Waals surface area (Å²) in [4.78, 5) is 13.7. The van der Waals surface area contributed by atoms with Gasteiger partial charge in [0.05, 0.1) is 12.5 Å². The number of hydrogen-bond acceptors (Lipinski definition) is 3. The number of carbonyl (C=O) groups excluding carboxylic acids is 1. The third kappa shape index (κ3) is 4.28. The van der Waals surface area contributed by atoms with Crippen LogP contribution in [0.3, 0.4) is 0 Å². The highest BCUT2D eigenvalue weighted by Crippen LogP contribution is 2.28. The average Bonchev–Trinajstić information content (AvgIpc) is 2.91. The number of rotatable bonds is 5. The predicted molar refractivity (Wildman–Crippen MR) is 106 cm³/mol. The van der Waals surface area contributed by atoms with Gasteiger partial charge in [0.25, 0.3) is 0 Å². The van der Waals surface area contributed by atoms with Crippen molar-refractivity contribution in [2.45, 2.75) is 25.7 Å². The van der Waals surface area contributed by atoms with E-state index in [2.05, 4.69) is 0 Å². The summed E-state index contributed by atoms with van der Waals surface area (Å²) in [5.41, 5.74) is 2.77. The number of aliphatic hydroxyl groups excluding tert-OH is 1. The van der Waals surface area contributed by atoms with Crippen LogP contribution in [0.1, 0.15) is 12.0 Å². The van der Waals surface area contributed by atoms with E-state index in [0.717, 1.165) is 16.7 Å². The van der Waals surface area contributed by atoms with Gasteiger partial charge in [0.1, 0.15) is 5.82 Å². The summed E-state index contributed by atoms with van der Waals surface area (Å²) in [5, 5.41) is 19.2. The van der Waals surface area contributed by atoms with Gasteiger partial charge in [-0.25, -0.2) is 4.39 Å². The summed E-state index contributed by atoms with van der Waals surface area (Å²) in [5.74, 6) is -0.904. The average molecular weight is 375 g/mol. The maximum absolute atomic E-state index is 13.3. The molecule has 3 rings (SSSR count). The van der Waals surface area contributed by atoms with Crippen molar-refractivity contribution in [3.05, 3.63) is 59.9 Å². The molecule has 1 heterocycles. The fourth-order valence-electron chi connectivity index (χ4n) is 3.53. The monoisotopic (exact) mass is 375 g/mol. The van der Waals surface area contributed by atoms with Crippen molar-refractivity contribution in [1.82, 2.24) is 4.81 Å². The molecule has 1 unspecified atom stereocenters. The van der Waals surface area contributed by atoms with Crippen LogP contribution in [0.4, 0.5) is 4.39 Å². The molecule has 0 aliphatic carbocycles. The molecule has 0 aromatic heterocycles. The van der Waals surface area contributed by atoms with Crippen LogP contribution in [0.2, 0.25) is 6.82 Å². The summed E-state index contributed by atoms with van der Waals surface area (Å²) < 4.78 is 13.3. The fraction of sp³-hybridized carbons (Fsp3) is 0.316. The van der Waals surface area contributed by atoms with Crippen LogP contribution in [0.15, 0.2) is 48.5 Å². The van der Waals surface area contributed by atoms with E-state index in [1.807, 2.05) is 30.3 Å². The van der Waals surface area contributed by atoms with Crippen LogP contribution in [0.25, 0.3) is 11.1 Å². The lowest BCUT2D eigenvalue weighted by Gasteiger charge is -2.25. The van der Waals surface area contributed by atoms with Crippen molar-refractivity contribution in [1.29, 1.82) is 0 Å². The van der Waals surface area contributed by atoms with Crippen molar-refractivity contribution in [2.75, 3.05) is 6.61 Å². The number of carbonyl (C=O) groups is 1. The lowest BCUT2D eigenvalue weighted by Crippen LogP contribution is -2.45. The van der Waals surface area contributed by atoms with Crippen LogP contribution in [-0.2, 0) is 11.2 Å². The number of nitrogens with zero attached hydrogens (tertiary/aromatic N) is 1. The Balaban J connectivity index is 0.00000243. The maximum atomic E-state index is 13.3. The third-order valence-corrected chi connectivity index (χ3v) is 4.76. The van der Waals surface area contributed by atoms with Crippen LogP contribution >= 0.6 is 13.5 Å². The van der Waals surface area contributed by atoms with E-state index in [1.165, 1.54) is 16.9 Å². The molecule has 2 aromatic carbocycles. The van der Waals surface area contributed by atoms with E-state index < -0.39 is 13.0 Å². The molecule has 138 valence electrons. The Morgan fingerprint density at radius 2 is 1.88 bits per heavy atom. The number of hydrogen-bond donors (Lipinski definition) is 2. The predicted octanol–water partition coefficient (Wildman–Crippen LogP) is 2.47. The summed E-state index contributed by atoms with van der Waals surface area (Å²) in [6, 6.07) is 14.1. The molecule has 26 heavy (non-hydrogen) atoms. The summed E-state index contributed by atoms with van der Waals surface area (Å²) in [6.45, 7) is 1.37. The molecule has 1 amide bonds. The first-order valence-electron chi connectivity index (χ1n) is 8.45. The molecule has 1 fully saturated rings. The first-order chi connectivity index (χ1) is 12.0. The van der Waals surface area contributed by atoms with Crippen LogP contribution in [-0.4, -0.2) is 40.5 Å². The molecule has 2 N–H and O–H groups in total. The highest BCUT2D eigenvalue weighted by Gasteiger charge is 2.42. The van der Waals surface area contributed by atoms with Crippen LogP contribution in [0.5, 0.6) is 0 Å². The molecule has 1 saturated heterocycles. The topological polar surface area (TPSA) is 60.8 Å². The second kappa shape index (κ2) is 8.71. The normalized spacial score (nSPS) is 19.4. The minimum atomic E-state index is -0.874. The molecule has 2 aromatic rings. The van der Waals surface area contributed by atoms with E-state index in [0.29, 0.717) is 12.8 Å². The van der Waals surface area contributed by atoms with Crippen molar-refractivity contribution >= 4 is 26.5 Å². The lowest BCUT2D eigenvalue weighted by atomic mass is 9.83. The second-order valence-corrected chi connectivity index (χ2v) is 6.56. The van der Waals surface area contributed by atoms with E-state index in [4.69, 9.17) is 0 Å². The van der Waals surface area contributed by atoms with Gasteiger partial charge in [0.2, 0.25) is 5.91 Å². The van der Waals surface area contributed by atoms with Gasteiger partial charge in [-0.1, -0.05) is 36.4 Å².